The second kappa shape index (κ2) is 6.75. The number of hydrogen-bond donors (Lipinski definition) is 0. The van der Waals surface area contributed by atoms with Gasteiger partial charge in [0.15, 0.2) is 5.13 Å². The number of piperazine rings is 1. The molecular weight excluding hydrogens is 318 g/mol. The number of imidazole rings is 1. The molecule has 0 aliphatic carbocycles. The second-order valence-electron chi connectivity index (χ2n) is 6.10. The van der Waals surface area contributed by atoms with Crippen LogP contribution in [0, 0.1) is 0 Å². The van der Waals surface area contributed by atoms with Crippen LogP contribution in [0.4, 0.5) is 5.13 Å². The van der Waals surface area contributed by atoms with E-state index in [1.54, 1.807) is 11.3 Å². The predicted octanol–water partition coefficient (Wildman–Crippen LogP) is 2.87. The Morgan fingerprint density at radius 2 is 1.88 bits per heavy atom. The molecule has 0 unspecified atom stereocenters. The fourth-order valence-corrected chi connectivity index (χ4v) is 3.89. The highest BCUT2D eigenvalue weighted by molar-refractivity contribution is 7.14. The average Bonchev–Trinajstić information content (AvgIpc) is 3.26. The molecule has 0 spiro atoms. The van der Waals surface area contributed by atoms with E-state index in [1.165, 1.54) is 5.56 Å². The lowest BCUT2D eigenvalue weighted by Gasteiger charge is -2.34. The Morgan fingerprint density at radius 3 is 2.58 bits per heavy atom. The van der Waals surface area contributed by atoms with Crippen LogP contribution in [-0.4, -0.2) is 45.6 Å². The Labute approximate surface area is 146 Å². The van der Waals surface area contributed by atoms with Crippen molar-refractivity contribution in [3.05, 3.63) is 53.9 Å². The highest BCUT2D eigenvalue weighted by Crippen LogP contribution is 2.28. The minimum absolute atomic E-state index is 0.921. The Balaban J connectivity index is 1.38. The zero-order valence-electron chi connectivity index (χ0n) is 13.8. The molecule has 6 heteroatoms. The molecule has 3 heterocycles. The molecular formula is C18H21N5S. The Bertz CT molecular complexity index is 787. The van der Waals surface area contributed by atoms with Crippen molar-refractivity contribution >= 4 is 16.5 Å². The van der Waals surface area contributed by atoms with Crippen molar-refractivity contribution in [3.63, 3.8) is 0 Å². The van der Waals surface area contributed by atoms with Gasteiger partial charge in [0, 0.05) is 56.6 Å². The third kappa shape index (κ3) is 3.20. The first-order valence-electron chi connectivity index (χ1n) is 8.24. The van der Waals surface area contributed by atoms with Gasteiger partial charge in [-0.15, -0.1) is 11.3 Å². The van der Waals surface area contributed by atoms with Gasteiger partial charge in [-0.05, 0) is 0 Å². The van der Waals surface area contributed by atoms with E-state index >= 15 is 0 Å². The first-order chi connectivity index (χ1) is 11.8. The molecule has 3 aromatic rings. The summed E-state index contributed by atoms with van der Waals surface area (Å²) in [5.41, 5.74) is 2.26. The summed E-state index contributed by atoms with van der Waals surface area (Å²) in [6.07, 6.45) is 3.87. The minimum Gasteiger partial charge on any atom is -0.346 e. The molecule has 0 amide bonds. The molecule has 0 saturated carbocycles. The van der Waals surface area contributed by atoms with E-state index in [9.17, 15) is 0 Å². The molecule has 0 radical (unpaired) electrons. The molecule has 0 N–H and O–H groups in total. The van der Waals surface area contributed by atoms with Gasteiger partial charge >= 0.3 is 0 Å². The van der Waals surface area contributed by atoms with Gasteiger partial charge in [0.05, 0.1) is 12.2 Å². The van der Waals surface area contributed by atoms with Crippen LogP contribution in [0.1, 0.15) is 5.82 Å². The van der Waals surface area contributed by atoms with Crippen LogP contribution in [0.15, 0.2) is 48.1 Å². The summed E-state index contributed by atoms with van der Waals surface area (Å²) in [7, 11) is 2.05. The van der Waals surface area contributed by atoms with E-state index in [-0.39, 0.29) is 0 Å². The summed E-state index contributed by atoms with van der Waals surface area (Å²) in [4.78, 5) is 14.1. The van der Waals surface area contributed by atoms with E-state index in [0.717, 1.165) is 49.4 Å². The van der Waals surface area contributed by atoms with Gasteiger partial charge in [-0.25, -0.2) is 9.97 Å². The Morgan fingerprint density at radius 1 is 1.08 bits per heavy atom. The summed E-state index contributed by atoms with van der Waals surface area (Å²) in [6.45, 7) is 5.06. The smallest absolute Gasteiger partial charge is 0.185 e. The number of aromatic nitrogens is 3. The molecule has 0 atom stereocenters. The number of aryl methyl sites for hydroxylation is 1. The number of rotatable bonds is 4. The van der Waals surface area contributed by atoms with Gasteiger partial charge in [0.25, 0.3) is 0 Å². The molecule has 1 saturated heterocycles. The standard InChI is InChI=1S/C18H21N5S/c1-21-8-7-19-17(21)13-22-9-11-23(12-10-22)18-20-16(14-24-18)15-5-3-2-4-6-15/h2-8,14H,9-13H2,1H3. The maximum Gasteiger partial charge on any atom is 0.185 e. The van der Waals surface area contributed by atoms with Crippen LogP contribution in [0.2, 0.25) is 0 Å². The van der Waals surface area contributed by atoms with Crippen molar-refractivity contribution in [2.24, 2.45) is 7.05 Å². The van der Waals surface area contributed by atoms with Crippen molar-refractivity contribution in [2.75, 3.05) is 31.1 Å². The molecule has 4 rings (SSSR count). The number of anilines is 1. The third-order valence-corrected chi connectivity index (χ3v) is 5.39. The normalized spacial score (nSPS) is 15.8. The highest BCUT2D eigenvalue weighted by atomic mass is 32.1. The van der Waals surface area contributed by atoms with Crippen LogP contribution in [0.3, 0.4) is 0 Å². The van der Waals surface area contributed by atoms with Crippen molar-refractivity contribution in [1.29, 1.82) is 0 Å². The summed E-state index contributed by atoms with van der Waals surface area (Å²) < 4.78 is 2.10. The quantitative estimate of drug-likeness (QED) is 0.732. The third-order valence-electron chi connectivity index (χ3n) is 4.49. The van der Waals surface area contributed by atoms with Crippen LogP contribution in [0.25, 0.3) is 11.3 Å². The number of thiazole rings is 1. The lowest BCUT2D eigenvalue weighted by Crippen LogP contribution is -2.46. The summed E-state index contributed by atoms with van der Waals surface area (Å²) in [5, 5.41) is 3.29. The maximum absolute atomic E-state index is 4.83. The molecule has 5 nitrogen and oxygen atoms in total. The van der Waals surface area contributed by atoms with Crippen LogP contribution in [0.5, 0.6) is 0 Å². The van der Waals surface area contributed by atoms with E-state index in [1.807, 2.05) is 18.5 Å². The largest absolute Gasteiger partial charge is 0.346 e. The fraction of sp³-hybridized carbons (Fsp3) is 0.333. The maximum atomic E-state index is 4.83. The average molecular weight is 339 g/mol. The predicted molar refractivity (Wildman–Crippen MR) is 98.2 cm³/mol. The molecule has 124 valence electrons. The summed E-state index contributed by atoms with van der Waals surface area (Å²) >= 11 is 1.74. The van der Waals surface area contributed by atoms with Gasteiger partial charge in [-0.3, -0.25) is 4.90 Å². The summed E-state index contributed by atoms with van der Waals surface area (Å²) in [6, 6.07) is 10.4. The second-order valence-corrected chi connectivity index (χ2v) is 6.94. The number of nitrogens with zero attached hydrogens (tertiary/aromatic N) is 5. The van der Waals surface area contributed by atoms with E-state index in [4.69, 9.17) is 4.98 Å². The molecule has 1 aliphatic rings. The Hall–Kier alpha value is -2.18. The van der Waals surface area contributed by atoms with Crippen molar-refractivity contribution < 1.29 is 0 Å². The van der Waals surface area contributed by atoms with Gasteiger partial charge in [-0.1, -0.05) is 30.3 Å². The van der Waals surface area contributed by atoms with Crippen LogP contribution < -0.4 is 4.90 Å². The fourth-order valence-electron chi connectivity index (χ4n) is 3.00. The van der Waals surface area contributed by atoms with Gasteiger partial charge in [0.1, 0.15) is 5.82 Å². The lowest BCUT2D eigenvalue weighted by atomic mass is 10.2. The van der Waals surface area contributed by atoms with E-state index < -0.39 is 0 Å². The Kier molecular flexibility index (Phi) is 4.32. The molecule has 1 aromatic carbocycles. The van der Waals surface area contributed by atoms with Gasteiger partial charge < -0.3 is 9.47 Å². The number of hydrogen-bond acceptors (Lipinski definition) is 5. The first-order valence-corrected chi connectivity index (χ1v) is 9.12. The molecule has 1 fully saturated rings. The zero-order chi connectivity index (χ0) is 16.4. The monoisotopic (exact) mass is 339 g/mol. The van der Waals surface area contributed by atoms with E-state index in [0.29, 0.717) is 0 Å². The van der Waals surface area contributed by atoms with Crippen molar-refractivity contribution in [3.8, 4) is 11.3 Å². The zero-order valence-corrected chi connectivity index (χ0v) is 14.6. The molecule has 1 aliphatic heterocycles. The van der Waals surface area contributed by atoms with Crippen LogP contribution in [-0.2, 0) is 13.6 Å². The highest BCUT2D eigenvalue weighted by Gasteiger charge is 2.20. The molecule has 24 heavy (non-hydrogen) atoms. The topological polar surface area (TPSA) is 37.2 Å². The molecule has 0 bridgehead atoms. The first kappa shape index (κ1) is 15.4. The molecule has 2 aromatic heterocycles. The van der Waals surface area contributed by atoms with Gasteiger partial charge in [0.2, 0.25) is 0 Å². The SMILES string of the molecule is Cn1ccnc1CN1CCN(c2nc(-c3ccccc3)cs2)CC1. The minimum atomic E-state index is 0.921. The van der Waals surface area contributed by atoms with Crippen molar-refractivity contribution in [2.45, 2.75) is 6.54 Å². The van der Waals surface area contributed by atoms with E-state index in [2.05, 4.69) is 56.0 Å². The van der Waals surface area contributed by atoms with Crippen molar-refractivity contribution in [1.82, 2.24) is 19.4 Å². The van der Waals surface area contributed by atoms with Gasteiger partial charge in [-0.2, -0.15) is 0 Å². The lowest BCUT2D eigenvalue weighted by molar-refractivity contribution is 0.242. The summed E-state index contributed by atoms with van der Waals surface area (Å²) in [5.74, 6) is 1.13. The number of benzene rings is 1. The van der Waals surface area contributed by atoms with Crippen LogP contribution >= 0.6 is 11.3 Å².